The molecule has 8 nitrogen and oxygen atoms in total. The first-order valence-electron chi connectivity index (χ1n) is 9.04. The van der Waals surface area contributed by atoms with Gasteiger partial charge in [-0.3, -0.25) is 14.6 Å². The van der Waals surface area contributed by atoms with Gasteiger partial charge >= 0.3 is 0 Å². The number of anilines is 1. The fourth-order valence-electron chi connectivity index (χ4n) is 3.17. The van der Waals surface area contributed by atoms with Crippen LogP contribution in [0.1, 0.15) is 29.3 Å². The number of halogens is 2. The number of imidazole rings is 1. The van der Waals surface area contributed by atoms with Gasteiger partial charge < -0.3 is 20.5 Å². The number of H-pyrrole nitrogens is 1. The molecule has 0 spiro atoms. The third-order valence-electron chi connectivity index (χ3n) is 4.68. The number of piperazine rings is 1. The van der Waals surface area contributed by atoms with Crippen molar-refractivity contribution in [2.24, 2.45) is 0 Å². The molecule has 3 heterocycles. The second-order valence-corrected chi connectivity index (χ2v) is 7.59. The van der Waals surface area contributed by atoms with Crippen molar-refractivity contribution in [3.8, 4) is 0 Å². The van der Waals surface area contributed by atoms with Crippen molar-refractivity contribution in [2.45, 2.75) is 13.0 Å². The Morgan fingerprint density at radius 3 is 2.86 bits per heavy atom. The zero-order chi connectivity index (χ0) is 20.5. The first kappa shape index (κ1) is 19.5. The Morgan fingerprint density at radius 1 is 1.28 bits per heavy atom. The number of fused-ring (bicyclic) bond motifs is 1. The molecule has 2 amide bonds. The maximum absolute atomic E-state index is 12.7. The fraction of sp³-hybridized carbons (Fsp3) is 0.263. The predicted octanol–water partition coefficient (Wildman–Crippen LogP) is 2.69. The summed E-state index contributed by atoms with van der Waals surface area (Å²) in [6, 6.07) is 6.45. The number of hydrogen-bond acceptors (Lipinski definition) is 5. The Hall–Kier alpha value is -2.84. The van der Waals surface area contributed by atoms with Crippen LogP contribution in [0.4, 0.5) is 5.69 Å². The van der Waals surface area contributed by atoms with E-state index in [4.69, 9.17) is 23.2 Å². The first-order chi connectivity index (χ1) is 13.9. The standard InChI is InChI=1S/C19H18Cl2N6O2/c1-10(18-25-14-7-12(20)13(21)8-15(14)26-18)24-19(29)16-6-11(2-3-22-16)27-5-4-23-17(28)9-27/h2-3,6-8,10H,4-5,9H2,1H3,(H,23,28)(H,24,29)(H,25,26). The zero-order valence-electron chi connectivity index (χ0n) is 15.5. The number of carbonyl (C=O) groups excluding carboxylic acids is 2. The lowest BCUT2D eigenvalue weighted by Gasteiger charge is -2.28. The predicted molar refractivity (Wildman–Crippen MR) is 111 cm³/mol. The van der Waals surface area contributed by atoms with Gasteiger partial charge in [0.05, 0.1) is 33.7 Å². The van der Waals surface area contributed by atoms with Crippen molar-refractivity contribution in [1.29, 1.82) is 0 Å². The number of aromatic amines is 1. The summed E-state index contributed by atoms with van der Waals surface area (Å²) in [6.07, 6.45) is 1.56. The van der Waals surface area contributed by atoms with Gasteiger partial charge in [0.1, 0.15) is 11.5 Å². The molecular formula is C19H18Cl2N6O2. The third kappa shape index (κ3) is 4.13. The van der Waals surface area contributed by atoms with Gasteiger partial charge in [-0.15, -0.1) is 0 Å². The van der Waals surface area contributed by atoms with E-state index in [0.29, 0.717) is 34.5 Å². The molecule has 3 N–H and O–H groups in total. The Kier molecular flexibility index (Phi) is 5.29. The number of rotatable bonds is 4. The Bertz CT molecular complexity index is 1060. The van der Waals surface area contributed by atoms with E-state index in [-0.39, 0.29) is 24.1 Å². The van der Waals surface area contributed by atoms with Crippen molar-refractivity contribution < 1.29 is 9.59 Å². The highest BCUT2D eigenvalue weighted by Gasteiger charge is 2.20. The highest BCUT2D eigenvalue weighted by Crippen LogP contribution is 2.27. The average molecular weight is 433 g/mol. The highest BCUT2D eigenvalue weighted by atomic mass is 35.5. The van der Waals surface area contributed by atoms with Gasteiger partial charge in [-0.05, 0) is 31.2 Å². The summed E-state index contributed by atoms with van der Waals surface area (Å²) < 4.78 is 0. The minimum Gasteiger partial charge on any atom is -0.360 e. The summed E-state index contributed by atoms with van der Waals surface area (Å²) in [5.41, 5.74) is 2.45. The molecule has 1 unspecified atom stereocenters. The van der Waals surface area contributed by atoms with E-state index in [2.05, 4.69) is 25.6 Å². The van der Waals surface area contributed by atoms with Crippen molar-refractivity contribution in [3.63, 3.8) is 0 Å². The Balaban J connectivity index is 1.50. The molecule has 1 aliphatic rings. The van der Waals surface area contributed by atoms with E-state index >= 15 is 0 Å². The van der Waals surface area contributed by atoms with Crippen LogP contribution in [0.15, 0.2) is 30.5 Å². The molecule has 1 saturated heterocycles. The summed E-state index contributed by atoms with van der Waals surface area (Å²) in [6.45, 7) is 3.32. The summed E-state index contributed by atoms with van der Waals surface area (Å²) in [7, 11) is 0. The average Bonchev–Trinajstić information content (AvgIpc) is 3.11. The van der Waals surface area contributed by atoms with E-state index in [9.17, 15) is 9.59 Å². The van der Waals surface area contributed by atoms with E-state index in [1.165, 1.54) is 0 Å². The van der Waals surface area contributed by atoms with Gasteiger partial charge in [-0.25, -0.2) is 4.98 Å². The molecule has 3 aromatic rings. The Morgan fingerprint density at radius 2 is 2.07 bits per heavy atom. The molecule has 150 valence electrons. The van der Waals surface area contributed by atoms with E-state index < -0.39 is 6.04 Å². The van der Waals surface area contributed by atoms with Crippen LogP contribution >= 0.6 is 23.2 Å². The molecule has 0 aliphatic carbocycles. The number of pyridine rings is 1. The molecule has 2 aromatic heterocycles. The molecule has 1 atom stereocenters. The second-order valence-electron chi connectivity index (χ2n) is 6.77. The zero-order valence-corrected chi connectivity index (χ0v) is 17.0. The van der Waals surface area contributed by atoms with Gasteiger partial charge in [0.25, 0.3) is 5.91 Å². The monoisotopic (exact) mass is 432 g/mol. The van der Waals surface area contributed by atoms with Crippen LogP contribution in [0.3, 0.4) is 0 Å². The van der Waals surface area contributed by atoms with Gasteiger partial charge in [0.15, 0.2) is 0 Å². The highest BCUT2D eigenvalue weighted by molar-refractivity contribution is 6.42. The van der Waals surface area contributed by atoms with Crippen molar-refractivity contribution in [1.82, 2.24) is 25.6 Å². The quantitative estimate of drug-likeness (QED) is 0.587. The molecule has 1 fully saturated rings. The molecule has 4 rings (SSSR count). The molecule has 0 radical (unpaired) electrons. The van der Waals surface area contributed by atoms with Crippen molar-refractivity contribution >= 4 is 51.7 Å². The van der Waals surface area contributed by atoms with Crippen LogP contribution in [0.2, 0.25) is 10.0 Å². The summed E-state index contributed by atoms with van der Waals surface area (Å²) >= 11 is 12.1. The number of benzene rings is 1. The molecule has 29 heavy (non-hydrogen) atoms. The summed E-state index contributed by atoms with van der Waals surface area (Å²) in [4.78, 5) is 38.0. The van der Waals surface area contributed by atoms with Crippen LogP contribution < -0.4 is 15.5 Å². The number of carbonyl (C=O) groups is 2. The van der Waals surface area contributed by atoms with Crippen LogP contribution in [0, 0.1) is 0 Å². The smallest absolute Gasteiger partial charge is 0.270 e. The topological polar surface area (TPSA) is 103 Å². The van der Waals surface area contributed by atoms with E-state index in [0.717, 1.165) is 11.2 Å². The van der Waals surface area contributed by atoms with Crippen LogP contribution in [-0.2, 0) is 4.79 Å². The fourth-order valence-corrected chi connectivity index (χ4v) is 3.49. The number of aromatic nitrogens is 3. The summed E-state index contributed by atoms with van der Waals surface area (Å²) in [5, 5.41) is 6.51. The third-order valence-corrected chi connectivity index (χ3v) is 5.40. The second kappa shape index (κ2) is 7.88. The van der Waals surface area contributed by atoms with Gasteiger partial charge in [0, 0.05) is 25.0 Å². The molecule has 0 bridgehead atoms. The maximum atomic E-state index is 12.7. The van der Waals surface area contributed by atoms with Gasteiger partial charge in [0.2, 0.25) is 5.91 Å². The number of amides is 2. The SMILES string of the molecule is CC(NC(=O)c1cc(N2CCNC(=O)C2)ccn1)c1nc2cc(Cl)c(Cl)cc2[nH]1. The minimum absolute atomic E-state index is 0.0437. The lowest BCUT2D eigenvalue weighted by Crippen LogP contribution is -2.47. The largest absolute Gasteiger partial charge is 0.360 e. The number of hydrogen-bond donors (Lipinski definition) is 3. The van der Waals surface area contributed by atoms with Crippen LogP contribution in [-0.4, -0.2) is 46.4 Å². The van der Waals surface area contributed by atoms with Crippen LogP contribution in [0.25, 0.3) is 11.0 Å². The Labute approximate surface area is 176 Å². The maximum Gasteiger partial charge on any atom is 0.270 e. The molecule has 0 saturated carbocycles. The minimum atomic E-state index is -0.390. The van der Waals surface area contributed by atoms with E-state index in [1.807, 2.05) is 11.8 Å². The van der Waals surface area contributed by atoms with E-state index in [1.54, 1.807) is 30.5 Å². The lowest BCUT2D eigenvalue weighted by atomic mass is 10.2. The molecular weight excluding hydrogens is 415 g/mol. The first-order valence-corrected chi connectivity index (χ1v) is 9.79. The summed E-state index contributed by atoms with van der Waals surface area (Å²) in [5.74, 6) is 0.200. The number of nitrogens with zero attached hydrogens (tertiary/aromatic N) is 3. The van der Waals surface area contributed by atoms with Crippen LogP contribution in [0.5, 0.6) is 0 Å². The molecule has 1 aliphatic heterocycles. The van der Waals surface area contributed by atoms with Crippen molar-refractivity contribution in [3.05, 3.63) is 52.0 Å². The molecule has 1 aromatic carbocycles. The normalized spacial score (nSPS) is 15.3. The van der Waals surface area contributed by atoms with Gasteiger partial charge in [-0.2, -0.15) is 0 Å². The molecule has 10 heteroatoms. The lowest BCUT2D eigenvalue weighted by molar-refractivity contribution is -0.120. The van der Waals surface area contributed by atoms with Gasteiger partial charge in [-0.1, -0.05) is 23.2 Å². The number of nitrogens with one attached hydrogen (secondary N) is 3. The van der Waals surface area contributed by atoms with Crippen molar-refractivity contribution in [2.75, 3.05) is 24.5 Å².